The monoisotopic (exact) mass is 547 g/mol. The lowest BCUT2D eigenvalue weighted by Crippen LogP contribution is -2.24. The van der Waals surface area contributed by atoms with Gasteiger partial charge in [0, 0.05) is 27.9 Å². The second-order valence-electron chi connectivity index (χ2n) is 8.95. The number of halogens is 2. The van der Waals surface area contributed by atoms with Gasteiger partial charge in [-0.05, 0) is 58.7 Å². The average molecular weight is 548 g/mol. The van der Waals surface area contributed by atoms with Gasteiger partial charge < -0.3 is 14.7 Å². The van der Waals surface area contributed by atoms with Crippen molar-refractivity contribution in [2.24, 2.45) is 0 Å². The molecular formula is C26H19Cl2N7O3. The van der Waals surface area contributed by atoms with Crippen LogP contribution in [0.15, 0.2) is 65.8 Å². The van der Waals surface area contributed by atoms with Gasteiger partial charge in [0.2, 0.25) is 0 Å². The first-order valence-corrected chi connectivity index (χ1v) is 12.5. The summed E-state index contributed by atoms with van der Waals surface area (Å²) in [6.45, 7) is 0. The van der Waals surface area contributed by atoms with E-state index in [4.69, 9.17) is 28.3 Å². The van der Waals surface area contributed by atoms with Gasteiger partial charge in [0.15, 0.2) is 0 Å². The Hall–Kier alpha value is -4.28. The standard InChI is InChI=1S/C26H19Cl2N7O3/c27-16-4-5-20(34-13-30-32-33-34)17(10-16)18-11-23(36)35-21(25(18)28)6-7-22(35)26-29-12-19(31-26)15-3-1-2-14(8-15)9-24(37)38/h1-5,8,10-13,22H,6-7,9H2,(H,29,31)(H,37,38)/t22-/m0/s1. The fourth-order valence-electron chi connectivity index (χ4n) is 4.95. The lowest BCUT2D eigenvalue weighted by molar-refractivity contribution is -0.136. The number of rotatable bonds is 6. The lowest BCUT2D eigenvalue weighted by atomic mass is 10.0. The molecular weight excluding hydrogens is 529 g/mol. The Kier molecular flexibility index (Phi) is 6.05. The molecule has 0 amide bonds. The number of carboxylic acid groups (broad SMARTS) is 1. The van der Waals surface area contributed by atoms with Gasteiger partial charge in [0.25, 0.3) is 5.56 Å². The summed E-state index contributed by atoms with van der Waals surface area (Å²) in [4.78, 5) is 32.4. The molecule has 0 saturated carbocycles. The number of pyridine rings is 1. The normalized spacial score (nSPS) is 14.5. The maximum Gasteiger partial charge on any atom is 0.307 e. The Morgan fingerprint density at radius 1 is 1.13 bits per heavy atom. The largest absolute Gasteiger partial charge is 0.481 e. The number of nitrogens with zero attached hydrogens (tertiary/aromatic N) is 6. The molecule has 1 aliphatic rings. The second-order valence-corrected chi connectivity index (χ2v) is 9.76. The number of H-pyrrole nitrogens is 1. The molecule has 1 atom stereocenters. The summed E-state index contributed by atoms with van der Waals surface area (Å²) in [5.41, 5.74) is 4.57. The molecule has 4 heterocycles. The molecule has 1 aliphatic heterocycles. The SMILES string of the molecule is O=C(O)Cc1cccc(-c2cnc([C@@H]3CCc4c(Cl)c(-c5cc(Cl)ccc5-n5cnnn5)cc(=O)n43)[nH]2)c1. The maximum absolute atomic E-state index is 13.5. The molecule has 38 heavy (non-hydrogen) atoms. The van der Waals surface area contributed by atoms with Gasteiger partial charge in [0.1, 0.15) is 12.2 Å². The molecule has 0 aliphatic carbocycles. The van der Waals surface area contributed by atoms with Crippen molar-refractivity contribution in [3.8, 4) is 28.1 Å². The van der Waals surface area contributed by atoms with Crippen molar-refractivity contribution in [3.63, 3.8) is 0 Å². The number of carbonyl (C=O) groups is 1. The zero-order valence-electron chi connectivity index (χ0n) is 19.7. The number of aromatic amines is 1. The van der Waals surface area contributed by atoms with Crippen molar-refractivity contribution >= 4 is 29.2 Å². The van der Waals surface area contributed by atoms with E-state index in [-0.39, 0.29) is 18.0 Å². The number of aliphatic carboxylic acids is 1. The second kappa shape index (κ2) is 9.55. The Morgan fingerprint density at radius 2 is 2.00 bits per heavy atom. The number of aromatic nitrogens is 7. The zero-order valence-corrected chi connectivity index (χ0v) is 21.2. The number of carboxylic acids is 1. The van der Waals surface area contributed by atoms with Crippen LogP contribution in [0, 0.1) is 0 Å². The van der Waals surface area contributed by atoms with Crippen LogP contribution in [0.5, 0.6) is 0 Å². The van der Waals surface area contributed by atoms with Crippen molar-refractivity contribution in [1.29, 1.82) is 0 Å². The molecule has 0 radical (unpaired) electrons. The van der Waals surface area contributed by atoms with Gasteiger partial charge in [-0.25, -0.2) is 4.98 Å². The first-order chi connectivity index (χ1) is 18.4. The quantitative estimate of drug-likeness (QED) is 0.323. The summed E-state index contributed by atoms with van der Waals surface area (Å²) in [6.07, 6.45) is 4.31. The summed E-state index contributed by atoms with van der Waals surface area (Å²) in [6, 6.07) is 13.7. The summed E-state index contributed by atoms with van der Waals surface area (Å²) in [5, 5.41) is 21.4. The molecule has 190 valence electrons. The van der Waals surface area contributed by atoms with Crippen LogP contribution < -0.4 is 5.56 Å². The minimum Gasteiger partial charge on any atom is -0.481 e. The fraction of sp³-hybridized carbons (Fsp3) is 0.154. The zero-order chi connectivity index (χ0) is 26.4. The van der Waals surface area contributed by atoms with Crippen molar-refractivity contribution < 1.29 is 9.90 Å². The summed E-state index contributed by atoms with van der Waals surface area (Å²) in [5.74, 6) is -0.265. The van der Waals surface area contributed by atoms with Crippen molar-refractivity contribution in [3.05, 3.63) is 98.5 Å². The van der Waals surface area contributed by atoms with Crippen LogP contribution in [0.2, 0.25) is 10.0 Å². The number of nitrogens with one attached hydrogen (secondary N) is 1. The molecule has 0 unspecified atom stereocenters. The van der Waals surface area contributed by atoms with E-state index in [0.717, 1.165) is 11.3 Å². The molecule has 0 spiro atoms. The number of hydrogen-bond acceptors (Lipinski definition) is 6. The van der Waals surface area contributed by atoms with E-state index in [2.05, 4.69) is 25.5 Å². The molecule has 2 aromatic carbocycles. The van der Waals surface area contributed by atoms with E-state index < -0.39 is 5.97 Å². The molecule has 12 heteroatoms. The Morgan fingerprint density at radius 3 is 2.79 bits per heavy atom. The molecule has 6 rings (SSSR count). The number of benzene rings is 2. The van der Waals surface area contributed by atoms with Gasteiger partial charge in [-0.2, -0.15) is 4.68 Å². The molecule has 5 aromatic rings. The van der Waals surface area contributed by atoms with Gasteiger partial charge in [-0.3, -0.25) is 9.59 Å². The highest BCUT2D eigenvalue weighted by molar-refractivity contribution is 6.34. The smallest absolute Gasteiger partial charge is 0.307 e. The minimum absolute atomic E-state index is 0.0666. The molecule has 3 aromatic heterocycles. The van der Waals surface area contributed by atoms with Gasteiger partial charge in [-0.15, -0.1) is 5.10 Å². The van der Waals surface area contributed by atoms with Crippen LogP contribution in [-0.4, -0.2) is 45.8 Å². The first kappa shape index (κ1) is 24.1. The maximum atomic E-state index is 13.5. The third-order valence-corrected chi connectivity index (χ3v) is 7.26. The van der Waals surface area contributed by atoms with Crippen LogP contribution in [0.3, 0.4) is 0 Å². The highest BCUT2D eigenvalue weighted by Gasteiger charge is 2.31. The van der Waals surface area contributed by atoms with E-state index in [9.17, 15) is 9.59 Å². The van der Waals surface area contributed by atoms with Crippen molar-refractivity contribution in [2.75, 3.05) is 0 Å². The van der Waals surface area contributed by atoms with E-state index in [1.807, 2.05) is 18.2 Å². The molecule has 10 nitrogen and oxygen atoms in total. The number of fused-ring (bicyclic) bond motifs is 1. The molecule has 0 bridgehead atoms. The number of imidazole rings is 1. The van der Waals surface area contributed by atoms with E-state index in [0.29, 0.717) is 56.8 Å². The fourth-order valence-corrected chi connectivity index (χ4v) is 5.47. The summed E-state index contributed by atoms with van der Waals surface area (Å²) < 4.78 is 3.17. The predicted octanol–water partition coefficient (Wildman–Crippen LogP) is 4.35. The van der Waals surface area contributed by atoms with Gasteiger partial charge >= 0.3 is 5.97 Å². The van der Waals surface area contributed by atoms with Crippen LogP contribution in [0.4, 0.5) is 0 Å². The van der Waals surface area contributed by atoms with Crippen LogP contribution in [0.25, 0.3) is 28.1 Å². The topological polar surface area (TPSA) is 132 Å². The average Bonchev–Trinajstić information content (AvgIpc) is 3.66. The summed E-state index contributed by atoms with van der Waals surface area (Å²) in [7, 11) is 0. The van der Waals surface area contributed by atoms with Gasteiger partial charge in [0.05, 0.1) is 35.1 Å². The lowest BCUT2D eigenvalue weighted by Gasteiger charge is -2.17. The van der Waals surface area contributed by atoms with E-state index >= 15 is 0 Å². The van der Waals surface area contributed by atoms with Crippen molar-refractivity contribution in [2.45, 2.75) is 25.3 Å². The van der Waals surface area contributed by atoms with Crippen LogP contribution in [0.1, 0.15) is 29.5 Å². The van der Waals surface area contributed by atoms with Crippen LogP contribution >= 0.6 is 23.2 Å². The number of hydrogen-bond donors (Lipinski definition) is 2. The minimum atomic E-state index is -0.895. The molecule has 0 saturated heterocycles. The summed E-state index contributed by atoms with van der Waals surface area (Å²) >= 11 is 13.2. The first-order valence-electron chi connectivity index (χ1n) is 11.7. The van der Waals surface area contributed by atoms with Crippen molar-refractivity contribution in [1.82, 2.24) is 34.7 Å². The van der Waals surface area contributed by atoms with Gasteiger partial charge in [-0.1, -0.05) is 41.4 Å². The third kappa shape index (κ3) is 4.27. The molecule has 0 fully saturated rings. The Bertz CT molecular complexity index is 1740. The highest BCUT2D eigenvalue weighted by Crippen LogP contribution is 2.40. The van der Waals surface area contributed by atoms with Crippen LogP contribution in [-0.2, 0) is 17.6 Å². The predicted molar refractivity (Wildman–Crippen MR) is 141 cm³/mol. The van der Waals surface area contributed by atoms with E-state index in [1.165, 1.54) is 17.1 Å². The third-order valence-electron chi connectivity index (χ3n) is 6.60. The number of tetrazole rings is 1. The Labute approximate surface area is 225 Å². The molecule has 2 N–H and O–H groups in total. The highest BCUT2D eigenvalue weighted by atomic mass is 35.5. The Balaban J connectivity index is 1.38. The van der Waals surface area contributed by atoms with E-state index in [1.54, 1.807) is 35.0 Å².